The summed E-state index contributed by atoms with van der Waals surface area (Å²) in [7, 11) is 3.95. The molecule has 30 heavy (non-hydrogen) atoms. The summed E-state index contributed by atoms with van der Waals surface area (Å²) in [6.45, 7) is 2.14. The second kappa shape index (κ2) is 8.61. The minimum absolute atomic E-state index is 0.0885. The lowest BCUT2D eigenvalue weighted by Crippen LogP contribution is -2.42. The first-order chi connectivity index (χ1) is 14.5. The molecule has 2 aromatic rings. The van der Waals surface area contributed by atoms with Crippen molar-refractivity contribution in [3.63, 3.8) is 0 Å². The van der Waals surface area contributed by atoms with Crippen molar-refractivity contribution in [1.82, 2.24) is 10.6 Å². The van der Waals surface area contributed by atoms with E-state index in [1.807, 2.05) is 67.5 Å². The molecular weight excluding hydrogens is 376 g/mol. The molecule has 2 amide bonds. The fourth-order valence-corrected chi connectivity index (χ4v) is 4.04. The molecule has 0 spiro atoms. The summed E-state index contributed by atoms with van der Waals surface area (Å²) in [5.41, 5.74) is 4.24. The summed E-state index contributed by atoms with van der Waals surface area (Å²) in [6.07, 6.45) is 5.25. The number of carbonyl (C=O) groups excluding carboxylic acids is 2. The molecule has 156 valence electrons. The van der Waals surface area contributed by atoms with Gasteiger partial charge in [0, 0.05) is 55.9 Å². The van der Waals surface area contributed by atoms with Crippen LogP contribution in [0.15, 0.2) is 60.3 Å². The van der Waals surface area contributed by atoms with Crippen molar-refractivity contribution in [1.29, 1.82) is 0 Å². The second-order valence-corrected chi connectivity index (χ2v) is 8.06. The van der Waals surface area contributed by atoms with Crippen LogP contribution in [0.4, 0.5) is 16.2 Å². The van der Waals surface area contributed by atoms with Gasteiger partial charge in [0.25, 0.3) is 0 Å². The normalized spacial score (nSPS) is 18.9. The third-order valence-electron chi connectivity index (χ3n) is 5.80. The zero-order valence-electron chi connectivity index (χ0n) is 17.5. The molecule has 1 fully saturated rings. The quantitative estimate of drug-likeness (QED) is 0.743. The number of anilines is 2. The maximum Gasteiger partial charge on any atom is 0.319 e. The number of Topliss-reactive ketones (excluding diaryl/α,β-unsaturated/α-hetero) is 1. The van der Waals surface area contributed by atoms with Crippen molar-refractivity contribution in [2.24, 2.45) is 0 Å². The number of hydrogen-bond acceptors (Lipinski definition) is 4. The summed E-state index contributed by atoms with van der Waals surface area (Å²) >= 11 is 0. The molecule has 0 radical (unpaired) electrons. The van der Waals surface area contributed by atoms with Crippen molar-refractivity contribution in [3.05, 3.63) is 71.4 Å². The van der Waals surface area contributed by atoms with Crippen LogP contribution in [0.1, 0.15) is 41.2 Å². The van der Waals surface area contributed by atoms with Crippen LogP contribution in [0.3, 0.4) is 0 Å². The van der Waals surface area contributed by atoms with Gasteiger partial charge in [-0.05, 0) is 61.2 Å². The largest absolute Gasteiger partial charge is 0.378 e. The topological polar surface area (TPSA) is 64.7 Å². The van der Waals surface area contributed by atoms with Gasteiger partial charge in [0.1, 0.15) is 0 Å². The second-order valence-electron chi connectivity index (χ2n) is 8.06. The number of nitrogens with zero attached hydrogens (tertiary/aromatic N) is 2. The van der Waals surface area contributed by atoms with Crippen LogP contribution in [0.2, 0.25) is 0 Å². The lowest BCUT2D eigenvalue weighted by molar-refractivity contribution is 0.102. The first kappa shape index (κ1) is 20.0. The summed E-state index contributed by atoms with van der Waals surface area (Å²) in [5, 5.41) is 5.51. The first-order valence-electron chi connectivity index (χ1n) is 10.5. The van der Waals surface area contributed by atoms with Crippen LogP contribution in [-0.2, 0) is 0 Å². The van der Waals surface area contributed by atoms with Gasteiger partial charge in [0.15, 0.2) is 5.78 Å². The number of amides is 2. The number of piperidine rings is 1. The number of nitrogens with one attached hydrogen (secondary N) is 2. The molecule has 2 aliphatic rings. The minimum Gasteiger partial charge on any atom is -0.378 e. The monoisotopic (exact) mass is 404 g/mol. The highest BCUT2D eigenvalue weighted by Gasteiger charge is 2.28. The molecule has 2 aliphatic heterocycles. The molecule has 2 aromatic carbocycles. The van der Waals surface area contributed by atoms with Crippen LogP contribution in [0, 0.1) is 0 Å². The molecule has 2 N–H and O–H groups in total. The van der Waals surface area contributed by atoms with Crippen molar-refractivity contribution in [3.8, 4) is 0 Å². The van der Waals surface area contributed by atoms with Crippen LogP contribution in [0.5, 0.6) is 0 Å². The molecule has 6 heteroatoms. The highest BCUT2D eigenvalue weighted by atomic mass is 16.2. The van der Waals surface area contributed by atoms with E-state index in [0.717, 1.165) is 30.0 Å². The number of urea groups is 1. The number of hydrogen-bond donors (Lipinski definition) is 2. The average Bonchev–Trinajstić information content (AvgIpc) is 2.79. The van der Waals surface area contributed by atoms with Crippen molar-refractivity contribution < 1.29 is 9.59 Å². The van der Waals surface area contributed by atoms with Crippen LogP contribution < -0.4 is 20.4 Å². The number of rotatable bonds is 5. The van der Waals surface area contributed by atoms with E-state index in [9.17, 15) is 9.59 Å². The number of carbonyl (C=O) groups is 2. The fourth-order valence-electron chi connectivity index (χ4n) is 4.04. The third kappa shape index (κ3) is 4.17. The number of benzene rings is 2. The van der Waals surface area contributed by atoms with Crippen molar-refractivity contribution in [2.75, 3.05) is 37.0 Å². The summed E-state index contributed by atoms with van der Waals surface area (Å²) in [5.74, 6) is -0.0885. The lowest BCUT2D eigenvalue weighted by atomic mass is 9.91. The Bertz CT molecular complexity index is 942. The Morgan fingerprint density at radius 3 is 2.27 bits per heavy atom. The Morgan fingerprint density at radius 1 is 0.967 bits per heavy atom. The molecule has 1 atom stereocenters. The van der Waals surface area contributed by atoms with Crippen LogP contribution in [0.25, 0.3) is 0 Å². The van der Waals surface area contributed by atoms with Crippen molar-refractivity contribution >= 4 is 23.2 Å². The van der Waals surface area contributed by atoms with Gasteiger partial charge in [-0.15, -0.1) is 0 Å². The Hall–Kier alpha value is -3.28. The molecule has 1 saturated heterocycles. The molecular formula is C24H28N4O2. The molecule has 0 bridgehead atoms. The van der Waals surface area contributed by atoms with Gasteiger partial charge in [0.05, 0.1) is 6.04 Å². The fraction of sp³-hybridized carbons (Fsp3) is 0.333. The van der Waals surface area contributed by atoms with Gasteiger partial charge in [-0.1, -0.05) is 12.1 Å². The molecule has 0 aromatic heterocycles. The Labute approximate surface area is 177 Å². The predicted octanol–water partition coefficient (Wildman–Crippen LogP) is 3.86. The van der Waals surface area contributed by atoms with E-state index in [4.69, 9.17) is 0 Å². The molecule has 2 heterocycles. The third-order valence-corrected chi connectivity index (χ3v) is 5.80. The zero-order chi connectivity index (χ0) is 21.1. The van der Waals surface area contributed by atoms with E-state index >= 15 is 0 Å². The molecule has 4 rings (SSSR count). The molecule has 0 saturated carbocycles. The smallest absolute Gasteiger partial charge is 0.319 e. The van der Waals surface area contributed by atoms with E-state index in [1.165, 1.54) is 25.5 Å². The summed E-state index contributed by atoms with van der Waals surface area (Å²) < 4.78 is 0. The Kier molecular flexibility index (Phi) is 5.74. The SMILES string of the molecule is CN(C)c1ccc(C2NC(=O)NC=C2C(=O)c2ccc(N3CCCCC3)cc2)cc1. The number of ketones is 1. The van der Waals surface area contributed by atoms with Crippen molar-refractivity contribution in [2.45, 2.75) is 25.3 Å². The highest BCUT2D eigenvalue weighted by Crippen LogP contribution is 2.29. The van der Waals surface area contributed by atoms with E-state index < -0.39 is 6.04 Å². The average molecular weight is 405 g/mol. The molecule has 6 nitrogen and oxygen atoms in total. The van der Waals surface area contributed by atoms with Gasteiger partial charge < -0.3 is 20.4 Å². The lowest BCUT2D eigenvalue weighted by Gasteiger charge is -2.29. The predicted molar refractivity (Wildman–Crippen MR) is 120 cm³/mol. The van der Waals surface area contributed by atoms with Gasteiger partial charge >= 0.3 is 6.03 Å². The first-order valence-corrected chi connectivity index (χ1v) is 10.5. The van der Waals surface area contributed by atoms with E-state index in [0.29, 0.717) is 11.1 Å². The standard InChI is InChI=1S/C24H28N4O2/c1-27(2)19-10-6-17(7-11-19)22-21(16-25-24(30)26-22)23(29)18-8-12-20(13-9-18)28-14-4-3-5-15-28/h6-13,16,22H,3-5,14-15H2,1-2H3,(H2,25,26,30). The Morgan fingerprint density at radius 2 is 1.63 bits per heavy atom. The van der Waals surface area contributed by atoms with E-state index in [1.54, 1.807) is 0 Å². The molecule has 1 unspecified atom stereocenters. The highest BCUT2D eigenvalue weighted by molar-refractivity contribution is 6.10. The zero-order valence-corrected chi connectivity index (χ0v) is 17.5. The van der Waals surface area contributed by atoms with Gasteiger partial charge in [0.2, 0.25) is 0 Å². The maximum absolute atomic E-state index is 13.3. The summed E-state index contributed by atoms with van der Waals surface area (Å²) in [4.78, 5) is 29.6. The van der Waals surface area contributed by atoms with Gasteiger partial charge in [-0.3, -0.25) is 4.79 Å². The van der Waals surface area contributed by atoms with E-state index in [-0.39, 0.29) is 11.8 Å². The van der Waals surface area contributed by atoms with Crippen LogP contribution in [-0.4, -0.2) is 39.0 Å². The Balaban J connectivity index is 1.57. The molecule has 0 aliphatic carbocycles. The minimum atomic E-state index is -0.482. The summed E-state index contributed by atoms with van der Waals surface area (Å²) in [6, 6.07) is 14.9. The maximum atomic E-state index is 13.3. The van der Waals surface area contributed by atoms with E-state index in [2.05, 4.69) is 15.5 Å². The van der Waals surface area contributed by atoms with Crippen LogP contribution >= 0.6 is 0 Å². The van der Waals surface area contributed by atoms with Gasteiger partial charge in [-0.25, -0.2) is 4.79 Å². The van der Waals surface area contributed by atoms with Gasteiger partial charge in [-0.2, -0.15) is 0 Å².